The molecule has 3 rings (SSSR count). The Kier molecular flexibility index (Phi) is 8.73. The molecule has 2 aromatic rings. The maximum atomic E-state index is 12.9. The molecular formula is C23H30N2O5S. The number of benzene rings is 1. The highest BCUT2D eigenvalue weighted by Crippen LogP contribution is 2.38. The Labute approximate surface area is 187 Å². The monoisotopic (exact) mass is 446 g/mol. The van der Waals surface area contributed by atoms with Gasteiger partial charge in [0.25, 0.3) is 11.8 Å². The van der Waals surface area contributed by atoms with Crippen molar-refractivity contribution in [2.45, 2.75) is 39.0 Å². The van der Waals surface area contributed by atoms with E-state index in [2.05, 4.69) is 10.6 Å². The maximum absolute atomic E-state index is 12.9. The molecule has 31 heavy (non-hydrogen) atoms. The van der Waals surface area contributed by atoms with Crippen LogP contribution >= 0.6 is 11.3 Å². The van der Waals surface area contributed by atoms with Crippen LogP contribution < -0.4 is 20.1 Å². The van der Waals surface area contributed by atoms with Crippen molar-refractivity contribution >= 4 is 28.2 Å². The summed E-state index contributed by atoms with van der Waals surface area (Å²) in [4.78, 5) is 26.6. The molecule has 8 heteroatoms. The van der Waals surface area contributed by atoms with Gasteiger partial charge >= 0.3 is 0 Å². The topological polar surface area (TPSA) is 85.9 Å². The molecule has 0 bridgehead atoms. The van der Waals surface area contributed by atoms with Gasteiger partial charge < -0.3 is 24.8 Å². The van der Waals surface area contributed by atoms with Crippen molar-refractivity contribution in [1.82, 2.24) is 5.32 Å². The molecule has 0 fully saturated rings. The molecule has 0 saturated carbocycles. The zero-order valence-electron chi connectivity index (χ0n) is 18.1. The Morgan fingerprint density at radius 1 is 1.06 bits per heavy atom. The van der Waals surface area contributed by atoms with Gasteiger partial charge in [-0.2, -0.15) is 0 Å². The highest BCUT2D eigenvalue weighted by atomic mass is 32.1. The number of methoxy groups -OCH3 is 1. The second-order valence-corrected chi connectivity index (χ2v) is 8.36. The lowest BCUT2D eigenvalue weighted by atomic mass is 9.95. The number of carbonyl (C=O) groups is 2. The fourth-order valence-corrected chi connectivity index (χ4v) is 4.81. The minimum atomic E-state index is -0.291. The summed E-state index contributed by atoms with van der Waals surface area (Å²) in [6, 6.07) is 7.13. The van der Waals surface area contributed by atoms with E-state index >= 15 is 0 Å². The molecule has 0 atom stereocenters. The Bertz CT molecular complexity index is 879. The molecule has 1 aliphatic carbocycles. The zero-order valence-corrected chi connectivity index (χ0v) is 18.9. The number of amides is 2. The highest BCUT2D eigenvalue weighted by Gasteiger charge is 2.26. The first-order chi connectivity index (χ1) is 15.1. The number of aryl methyl sites for hydroxylation is 1. The first-order valence-corrected chi connectivity index (χ1v) is 11.5. The number of thiophene rings is 1. The molecule has 0 spiro atoms. The van der Waals surface area contributed by atoms with Crippen LogP contribution in [0.2, 0.25) is 0 Å². The van der Waals surface area contributed by atoms with Crippen molar-refractivity contribution in [2.24, 2.45) is 0 Å². The van der Waals surface area contributed by atoms with Gasteiger partial charge in [-0.1, -0.05) is 0 Å². The largest absolute Gasteiger partial charge is 0.494 e. The normalized spacial score (nSPS) is 12.7. The second kappa shape index (κ2) is 11.7. The molecule has 1 aromatic carbocycles. The number of ether oxygens (including phenoxy) is 3. The molecule has 0 radical (unpaired) electrons. The van der Waals surface area contributed by atoms with Crippen LogP contribution in [-0.2, 0) is 22.4 Å². The van der Waals surface area contributed by atoms with Crippen molar-refractivity contribution < 1.29 is 23.8 Å². The predicted molar refractivity (Wildman–Crippen MR) is 122 cm³/mol. The number of hydrogen-bond acceptors (Lipinski definition) is 6. The van der Waals surface area contributed by atoms with Crippen LogP contribution in [0.5, 0.6) is 11.5 Å². The number of carbonyl (C=O) groups excluding carboxylic acids is 2. The number of anilines is 1. The van der Waals surface area contributed by atoms with E-state index in [9.17, 15) is 9.59 Å². The first kappa shape index (κ1) is 23.1. The summed E-state index contributed by atoms with van der Waals surface area (Å²) in [5.41, 5.74) is 1.68. The van der Waals surface area contributed by atoms with Gasteiger partial charge in [-0.15, -0.1) is 11.3 Å². The Morgan fingerprint density at radius 3 is 2.48 bits per heavy atom. The summed E-state index contributed by atoms with van der Waals surface area (Å²) < 4.78 is 16.0. The lowest BCUT2D eigenvalue weighted by Crippen LogP contribution is -2.28. The minimum absolute atomic E-state index is 0.133. The molecule has 1 aromatic heterocycles. The first-order valence-electron chi connectivity index (χ1n) is 10.7. The van der Waals surface area contributed by atoms with E-state index < -0.39 is 0 Å². The SMILES string of the molecule is CCOc1ccc(OCC(=O)Nc2sc3c(c2C(=O)NCCCOC)CCCC3)cc1. The van der Waals surface area contributed by atoms with E-state index in [1.54, 1.807) is 31.4 Å². The van der Waals surface area contributed by atoms with Crippen LogP contribution in [0.4, 0.5) is 5.00 Å². The maximum Gasteiger partial charge on any atom is 0.262 e. The summed E-state index contributed by atoms with van der Waals surface area (Å²) in [6.45, 7) is 3.51. The quantitative estimate of drug-likeness (QED) is 0.513. The zero-order chi connectivity index (χ0) is 22.1. The molecule has 0 saturated heterocycles. The number of hydrogen-bond donors (Lipinski definition) is 2. The van der Waals surface area contributed by atoms with Crippen molar-refractivity contribution in [3.8, 4) is 11.5 Å². The molecule has 1 aliphatic rings. The van der Waals surface area contributed by atoms with Gasteiger partial charge in [0.1, 0.15) is 16.5 Å². The van der Waals surface area contributed by atoms with Gasteiger partial charge in [-0.25, -0.2) is 0 Å². The van der Waals surface area contributed by atoms with E-state index in [1.807, 2.05) is 6.92 Å². The molecule has 168 valence electrons. The molecule has 0 unspecified atom stereocenters. The minimum Gasteiger partial charge on any atom is -0.494 e. The Morgan fingerprint density at radius 2 is 1.77 bits per heavy atom. The van der Waals surface area contributed by atoms with Crippen molar-refractivity contribution in [2.75, 3.05) is 38.8 Å². The van der Waals surface area contributed by atoms with E-state index in [0.717, 1.165) is 43.4 Å². The lowest BCUT2D eigenvalue weighted by molar-refractivity contribution is -0.118. The summed E-state index contributed by atoms with van der Waals surface area (Å²) >= 11 is 1.50. The van der Waals surface area contributed by atoms with Crippen LogP contribution in [0, 0.1) is 0 Å². The standard InChI is InChI=1S/C23H30N2O5S/c1-3-29-16-9-11-17(12-10-16)30-15-20(26)25-23-21(22(27)24-13-6-14-28-2)18-7-4-5-8-19(18)31-23/h9-12H,3-8,13-15H2,1-2H3,(H,24,27)(H,25,26). The summed E-state index contributed by atoms with van der Waals surface area (Å²) in [7, 11) is 1.64. The van der Waals surface area contributed by atoms with Crippen LogP contribution in [0.3, 0.4) is 0 Å². The van der Waals surface area contributed by atoms with E-state index in [4.69, 9.17) is 14.2 Å². The lowest BCUT2D eigenvalue weighted by Gasteiger charge is -2.13. The van der Waals surface area contributed by atoms with Crippen LogP contribution in [0.15, 0.2) is 24.3 Å². The smallest absolute Gasteiger partial charge is 0.262 e. The fraction of sp³-hybridized carbons (Fsp3) is 0.478. The molecule has 1 heterocycles. The van der Waals surface area contributed by atoms with Crippen LogP contribution in [-0.4, -0.2) is 45.3 Å². The van der Waals surface area contributed by atoms with Gasteiger partial charge in [-0.3, -0.25) is 9.59 Å². The highest BCUT2D eigenvalue weighted by molar-refractivity contribution is 7.17. The second-order valence-electron chi connectivity index (χ2n) is 7.26. The number of rotatable bonds is 11. The Hall–Kier alpha value is -2.58. The van der Waals surface area contributed by atoms with Crippen molar-refractivity contribution in [3.05, 3.63) is 40.3 Å². The average molecular weight is 447 g/mol. The van der Waals surface area contributed by atoms with Gasteiger partial charge in [0.15, 0.2) is 6.61 Å². The Balaban J connectivity index is 1.63. The third-order valence-corrected chi connectivity index (χ3v) is 6.17. The average Bonchev–Trinajstić information content (AvgIpc) is 3.14. The third-order valence-electron chi connectivity index (χ3n) is 4.97. The third kappa shape index (κ3) is 6.45. The van der Waals surface area contributed by atoms with Gasteiger partial charge in [0, 0.05) is 25.1 Å². The van der Waals surface area contributed by atoms with Crippen LogP contribution in [0.25, 0.3) is 0 Å². The number of nitrogens with one attached hydrogen (secondary N) is 2. The summed E-state index contributed by atoms with van der Waals surface area (Å²) in [5.74, 6) is 0.906. The predicted octanol–water partition coefficient (Wildman–Crippen LogP) is 3.81. The molecule has 2 N–H and O–H groups in total. The van der Waals surface area contributed by atoms with Gasteiger partial charge in [0.2, 0.25) is 0 Å². The van der Waals surface area contributed by atoms with E-state index in [-0.39, 0.29) is 18.4 Å². The van der Waals surface area contributed by atoms with Crippen molar-refractivity contribution in [3.63, 3.8) is 0 Å². The van der Waals surface area contributed by atoms with Gasteiger partial charge in [-0.05, 0) is 68.9 Å². The molecule has 7 nitrogen and oxygen atoms in total. The number of fused-ring (bicyclic) bond motifs is 1. The summed E-state index contributed by atoms with van der Waals surface area (Å²) in [5, 5.41) is 6.45. The summed E-state index contributed by atoms with van der Waals surface area (Å²) in [6.07, 6.45) is 4.72. The molecular weight excluding hydrogens is 416 g/mol. The van der Waals surface area contributed by atoms with Gasteiger partial charge in [0.05, 0.1) is 12.2 Å². The van der Waals surface area contributed by atoms with Crippen molar-refractivity contribution in [1.29, 1.82) is 0 Å². The fourth-order valence-electron chi connectivity index (χ4n) is 3.51. The van der Waals surface area contributed by atoms with E-state index in [1.165, 1.54) is 16.2 Å². The molecule has 0 aliphatic heterocycles. The van der Waals surface area contributed by atoms with Crippen LogP contribution in [0.1, 0.15) is 47.0 Å². The molecule has 2 amide bonds. The van der Waals surface area contributed by atoms with E-state index in [0.29, 0.717) is 36.1 Å².